The second-order valence-corrected chi connectivity index (χ2v) is 3.78. The van der Waals surface area contributed by atoms with Gasteiger partial charge in [0.2, 0.25) is 5.91 Å². The molecule has 0 unspecified atom stereocenters. The van der Waals surface area contributed by atoms with Gasteiger partial charge in [-0.15, -0.1) is 13.0 Å². The van der Waals surface area contributed by atoms with Crippen LogP contribution in [0.15, 0.2) is 12.7 Å². The molecule has 1 rings (SSSR count). The molecule has 1 N–H and O–H groups in total. The Balaban J connectivity index is 2.22. The molecular formula is C12H19N3O. The fraction of sp³-hybridized carbons (Fsp3) is 0.583. The summed E-state index contributed by atoms with van der Waals surface area (Å²) in [5, 5.41) is 2.91. The van der Waals surface area contributed by atoms with Crippen molar-refractivity contribution in [3.8, 4) is 12.3 Å². The molecule has 1 aliphatic heterocycles. The lowest BCUT2D eigenvalue weighted by Gasteiger charge is -2.34. The standard InChI is InChI=1S/C12H19N3O/c1-3-5-13-11-12(16)15-9-7-14(6-4-2)8-10-15/h1,4,13H,2,5-11H2. The molecule has 1 amide bonds. The molecule has 0 aromatic rings. The molecule has 0 atom stereocenters. The minimum Gasteiger partial charge on any atom is -0.339 e. The monoisotopic (exact) mass is 221 g/mol. The third kappa shape index (κ3) is 4.05. The Morgan fingerprint density at radius 3 is 2.69 bits per heavy atom. The van der Waals surface area contributed by atoms with Crippen LogP contribution in [0, 0.1) is 12.3 Å². The molecule has 0 spiro atoms. The highest BCUT2D eigenvalue weighted by atomic mass is 16.2. The molecule has 0 saturated carbocycles. The fourth-order valence-electron chi connectivity index (χ4n) is 1.72. The summed E-state index contributed by atoms with van der Waals surface area (Å²) < 4.78 is 0. The maximum Gasteiger partial charge on any atom is 0.236 e. The van der Waals surface area contributed by atoms with Crippen molar-refractivity contribution in [2.24, 2.45) is 0 Å². The van der Waals surface area contributed by atoms with Crippen molar-refractivity contribution in [2.75, 3.05) is 45.8 Å². The number of piperazine rings is 1. The summed E-state index contributed by atoms with van der Waals surface area (Å²) in [6, 6.07) is 0. The smallest absolute Gasteiger partial charge is 0.236 e. The van der Waals surface area contributed by atoms with E-state index in [4.69, 9.17) is 6.42 Å². The molecule has 0 aliphatic carbocycles. The zero-order valence-corrected chi connectivity index (χ0v) is 9.61. The number of carbonyl (C=O) groups excluding carboxylic acids is 1. The van der Waals surface area contributed by atoms with E-state index < -0.39 is 0 Å². The highest BCUT2D eigenvalue weighted by molar-refractivity contribution is 5.78. The molecule has 0 radical (unpaired) electrons. The Kier molecular flexibility index (Phi) is 5.62. The maximum atomic E-state index is 11.7. The minimum absolute atomic E-state index is 0.133. The van der Waals surface area contributed by atoms with Gasteiger partial charge in [0.25, 0.3) is 0 Å². The van der Waals surface area contributed by atoms with Gasteiger partial charge in [0.1, 0.15) is 0 Å². The Morgan fingerprint density at radius 2 is 2.12 bits per heavy atom. The van der Waals surface area contributed by atoms with E-state index in [1.807, 2.05) is 11.0 Å². The molecule has 88 valence electrons. The summed E-state index contributed by atoms with van der Waals surface area (Å²) >= 11 is 0. The molecule has 0 bridgehead atoms. The molecule has 0 aromatic carbocycles. The largest absolute Gasteiger partial charge is 0.339 e. The van der Waals surface area contributed by atoms with Crippen LogP contribution in [-0.4, -0.2) is 61.5 Å². The van der Waals surface area contributed by atoms with E-state index in [2.05, 4.69) is 22.7 Å². The molecule has 1 heterocycles. The van der Waals surface area contributed by atoms with Gasteiger partial charge in [0, 0.05) is 32.7 Å². The molecule has 16 heavy (non-hydrogen) atoms. The predicted molar refractivity (Wildman–Crippen MR) is 64.9 cm³/mol. The normalized spacial score (nSPS) is 16.8. The van der Waals surface area contributed by atoms with Crippen molar-refractivity contribution in [3.05, 3.63) is 12.7 Å². The van der Waals surface area contributed by atoms with Crippen molar-refractivity contribution in [3.63, 3.8) is 0 Å². The quantitative estimate of drug-likeness (QED) is 0.388. The van der Waals surface area contributed by atoms with Gasteiger partial charge >= 0.3 is 0 Å². The van der Waals surface area contributed by atoms with E-state index in [0.717, 1.165) is 32.7 Å². The van der Waals surface area contributed by atoms with Crippen LogP contribution in [0.4, 0.5) is 0 Å². The van der Waals surface area contributed by atoms with Crippen LogP contribution in [0.3, 0.4) is 0 Å². The Labute approximate surface area is 97.3 Å². The summed E-state index contributed by atoms with van der Waals surface area (Å²) in [5.41, 5.74) is 0. The number of carbonyl (C=O) groups is 1. The van der Waals surface area contributed by atoms with E-state index in [9.17, 15) is 4.79 Å². The summed E-state index contributed by atoms with van der Waals surface area (Å²) in [4.78, 5) is 15.9. The second kappa shape index (κ2) is 7.04. The van der Waals surface area contributed by atoms with Crippen molar-refractivity contribution in [2.45, 2.75) is 0 Å². The highest BCUT2D eigenvalue weighted by Gasteiger charge is 2.19. The number of hydrogen-bond donors (Lipinski definition) is 1. The first kappa shape index (κ1) is 12.8. The van der Waals surface area contributed by atoms with Crippen LogP contribution in [-0.2, 0) is 4.79 Å². The first-order chi connectivity index (χ1) is 7.77. The fourth-order valence-corrected chi connectivity index (χ4v) is 1.72. The van der Waals surface area contributed by atoms with E-state index >= 15 is 0 Å². The molecular weight excluding hydrogens is 202 g/mol. The lowest BCUT2D eigenvalue weighted by molar-refractivity contribution is -0.131. The van der Waals surface area contributed by atoms with E-state index in [1.165, 1.54) is 0 Å². The van der Waals surface area contributed by atoms with Crippen molar-refractivity contribution in [1.29, 1.82) is 0 Å². The van der Waals surface area contributed by atoms with Crippen molar-refractivity contribution < 1.29 is 4.79 Å². The highest BCUT2D eigenvalue weighted by Crippen LogP contribution is 2.01. The summed E-state index contributed by atoms with van der Waals surface area (Å²) in [7, 11) is 0. The van der Waals surface area contributed by atoms with Crippen LogP contribution in [0.1, 0.15) is 0 Å². The van der Waals surface area contributed by atoms with E-state index in [1.54, 1.807) is 0 Å². The van der Waals surface area contributed by atoms with Gasteiger partial charge in [-0.05, 0) is 0 Å². The van der Waals surface area contributed by atoms with Gasteiger partial charge < -0.3 is 4.90 Å². The van der Waals surface area contributed by atoms with Crippen molar-refractivity contribution in [1.82, 2.24) is 15.1 Å². The SMILES string of the molecule is C#CCNCC(=O)N1CCN(CC=C)CC1. The van der Waals surface area contributed by atoms with Gasteiger partial charge in [-0.25, -0.2) is 0 Å². The van der Waals surface area contributed by atoms with Gasteiger partial charge in [-0.3, -0.25) is 15.0 Å². The first-order valence-electron chi connectivity index (χ1n) is 5.53. The number of nitrogens with zero attached hydrogens (tertiary/aromatic N) is 2. The van der Waals surface area contributed by atoms with Crippen LogP contribution in [0.2, 0.25) is 0 Å². The molecule has 4 nitrogen and oxygen atoms in total. The number of terminal acetylenes is 1. The topological polar surface area (TPSA) is 35.6 Å². The minimum atomic E-state index is 0.133. The zero-order chi connectivity index (χ0) is 11.8. The second-order valence-electron chi connectivity index (χ2n) is 3.78. The molecule has 0 aromatic heterocycles. The molecule has 4 heteroatoms. The maximum absolute atomic E-state index is 11.7. The van der Waals surface area contributed by atoms with Gasteiger partial charge in [-0.1, -0.05) is 12.0 Å². The van der Waals surface area contributed by atoms with E-state index in [0.29, 0.717) is 13.1 Å². The van der Waals surface area contributed by atoms with Crippen LogP contribution in [0.5, 0.6) is 0 Å². The Morgan fingerprint density at radius 1 is 1.44 bits per heavy atom. The molecule has 1 fully saturated rings. The predicted octanol–water partition coefficient (Wildman–Crippen LogP) is -0.461. The summed E-state index contributed by atoms with van der Waals surface area (Å²) in [6.45, 7) is 8.83. The van der Waals surface area contributed by atoms with Gasteiger partial charge in [0.15, 0.2) is 0 Å². The van der Waals surface area contributed by atoms with Gasteiger partial charge in [-0.2, -0.15) is 0 Å². The average Bonchev–Trinajstić information content (AvgIpc) is 2.30. The van der Waals surface area contributed by atoms with Crippen LogP contribution < -0.4 is 5.32 Å². The number of nitrogens with one attached hydrogen (secondary N) is 1. The first-order valence-corrected chi connectivity index (χ1v) is 5.53. The van der Waals surface area contributed by atoms with Crippen molar-refractivity contribution >= 4 is 5.91 Å². The number of amides is 1. The zero-order valence-electron chi connectivity index (χ0n) is 9.61. The van der Waals surface area contributed by atoms with E-state index in [-0.39, 0.29) is 5.91 Å². The number of rotatable bonds is 5. The Bertz CT molecular complexity index is 274. The van der Waals surface area contributed by atoms with Crippen LogP contribution in [0.25, 0.3) is 0 Å². The third-order valence-corrected chi connectivity index (χ3v) is 2.62. The van der Waals surface area contributed by atoms with Crippen LogP contribution >= 0.6 is 0 Å². The third-order valence-electron chi connectivity index (χ3n) is 2.62. The lowest BCUT2D eigenvalue weighted by Crippen LogP contribution is -2.50. The number of hydrogen-bond acceptors (Lipinski definition) is 3. The molecule has 1 aliphatic rings. The summed E-state index contributed by atoms with van der Waals surface area (Å²) in [5.74, 6) is 2.58. The average molecular weight is 221 g/mol. The Hall–Kier alpha value is -1.31. The summed E-state index contributed by atoms with van der Waals surface area (Å²) in [6.07, 6.45) is 6.99. The van der Waals surface area contributed by atoms with Gasteiger partial charge in [0.05, 0.1) is 13.1 Å². The lowest BCUT2D eigenvalue weighted by atomic mass is 10.3. The molecule has 1 saturated heterocycles.